The molecule has 0 amide bonds. The van der Waals surface area contributed by atoms with Crippen molar-refractivity contribution < 1.29 is 9.59 Å². The Morgan fingerprint density at radius 1 is 0.288 bits per heavy atom. The highest BCUT2D eigenvalue weighted by atomic mass is 16.1. The molecule has 15 rings (SSSR count). The van der Waals surface area contributed by atoms with Gasteiger partial charge < -0.3 is 0 Å². The SMILES string of the molecule is O=C1C2=C(C(=O)C3C4c5ccccc5C(c5cc6cc7ccccc7cc6cc54)C13)C1c3cc4ccccc4cc3C2c2cc3ccccc3cc21. The monoisotopic (exact) mass is 662 g/mol. The molecule has 0 heterocycles. The third-order valence-electron chi connectivity index (χ3n) is 13.5. The van der Waals surface area contributed by atoms with Gasteiger partial charge in [0.2, 0.25) is 0 Å². The van der Waals surface area contributed by atoms with Gasteiger partial charge in [-0.1, -0.05) is 109 Å². The molecule has 242 valence electrons. The predicted octanol–water partition coefficient (Wildman–Crippen LogP) is 10.9. The van der Waals surface area contributed by atoms with Crippen LogP contribution < -0.4 is 0 Å². The highest BCUT2D eigenvalue weighted by molar-refractivity contribution is 6.19. The molecule has 2 heteroatoms. The second-order valence-corrected chi connectivity index (χ2v) is 15.7. The second-order valence-electron chi connectivity index (χ2n) is 15.7. The molecule has 0 saturated heterocycles. The molecule has 8 aromatic rings. The van der Waals surface area contributed by atoms with Crippen LogP contribution in [-0.2, 0) is 9.59 Å². The molecular formula is C50H30O2. The minimum Gasteiger partial charge on any atom is -0.294 e. The lowest BCUT2D eigenvalue weighted by Gasteiger charge is -2.55. The summed E-state index contributed by atoms with van der Waals surface area (Å²) < 4.78 is 0. The molecule has 0 aromatic heterocycles. The van der Waals surface area contributed by atoms with E-state index in [1.807, 2.05) is 0 Å². The quantitative estimate of drug-likeness (QED) is 0.151. The van der Waals surface area contributed by atoms with Crippen molar-refractivity contribution in [2.75, 3.05) is 0 Å². The molecule has 0 fully saturated rings. The summed E-state index contributed by atoms with van der Waals surface area (Å²) in [4.78, 5) is 31.4. The Morgan fingerprint density at radius 2 is 0.577 bits per heavy atom. The fourth-order valence-corrected chi connectivity index (χ4v) is 11.5. The predicted molar refractivity (Wildman–Crippen MR) is 207 cm³/mol. The van der Waals surface area contributed by atoms with Gasteiger partial charge in [-0.15, -0.1) is 0 Å². The summed E-state index contributed by atoms with van der Waals surface area (Å²) in [6, 6.07) is 52.7. The maximum Gasteiger partial charge on any atom is 0.165 e. The lowest BCUT2D eigenvalue weighted by Crippen LogP contribution is -2.53. The lowest BCUT2D eigenvalue weighted by atomic mass is 9.46. The molecule has 0 radical (unpaired) electrons. The largest absolute Gasteiger partial charge is 0.294 e. The Balaban J connectivity index is 1.08. The van der Waals surface area contributed by atoms with E-state index in [1.54, 1.807) is 0 Å². The average molecular weight is 663 g/mol. The number of allylic oxidation sites excluding steroid dienone is 2. The fourth-order valence-electron chi connectivity index (χ4n) is 11.5. The first kappa shape index (κ1) is 27.6. The van der Waals surface area contributed by atoms with Crippen molar-refractivity contribution in [1.82, 2.24) is 0 Å². The lowest BCUT2D eigenvalue weighted by molar-refractivity contribution is -0.133. The minimum absolute atomic E-state index is 0.171. The van der Waals surface area contributed by atoms with E-state index in [0.29, 0.717) is 0 Å². The maximum absolute atomic E-state index is 15.7. The third kappa shape index (κ3) is 3.24. The van der Waals surface area contributed by atoms with Crippen LogP contribution >= 0.6 is 0 Å². The van der Waals surface area contributed by atoms with Crippen LogP contribution in [0.4, 0.5) is 0 Å². The van der Waals surface area contributed by atoms with Crippen LogP contribution in [0.3, 0.4) is 0 Å². The molecule has 4 atom stereocenters. The van der Waals surface area contributed by atoms with Crippen LogP contribution in [-0.4, -0.2) is 11.6 Å². The summed E-state index contributed by atoms with van der Waals surface area (Å²) in [5.74, 6) is -1.37. The molecule has 0 N–H and O–H groups in total. The van der Waals surface area contributed by atoms with Crippen LogP contribution in [0.5, 0.6) is 0 Å². The normalized spacial score (nSPS) is 24.5. The number of carbonyl (C=O) groups is 2. The topological polar surface area (TPSA) is 34.1 Å². The molecule has 7 aliphatic carbocycles. The van der Waals surface area contributed by atoms with Crippen LogP contribution in [0.15, 0.2) is 157 Å². The zero-order chi connectivity index (χ0) is 34.0. The molecule has 8 aromatic carbocycles. The van der Waals surface area contributed by atoms with Crippen LogP contribution in [0.1, 0.15) is 68.2 Å². The van der Waals surface area contributed by atoms with Gasteiger partial charge >= 0.3 is 0 Å². The van der Waals surface area contributed by atoms with Crippen molar-refractivity contribution in [2.45, 2.75) is 23.7 Å². The van der Waals surface area contributed by atoms with E-state index in [2.05, 4.69) is 146 Å². The van der Waals surface area contributed by atoms with E-state index in [0.717, 1.165) is 11.1 Å². The van der Waals surface area contributed by atoms with Gasteiger partial charge in [0.1, 0.15) is 0 Å². The van der Waals surface area contributed by atoms with Crippen molar-refractivity contribution in [3.8, 4) is 0 Å². The van der Waals surface area contributed by atoms with Gasteiger partial charge in [0, 0.05) is 46.7 Å². The number of rotatable bonds is 0. The molecule has 4 unspecified atom stereocenters. The van der Waals surface area contributed by atoms with Crippen molar-refractivity contribution in [1.29, 1.82) is 0 Å². The summed E-state index contributed by atoms with van der Waals surface area (Å²) in [7, 11) is 0. The third-order valence-corrected chi connectivity index (χ3v) is 13.5. The van der Waals surface area contributed by atoms with E-state index in [9.17, 15) is 0 Å². The van der Waals surface area contributed by atoms with Crippen molar-refractivity contribution in [3.63, 3.8) is 0 Å². The number of Topliss-reactive ketones (excluding diaryl/α,β-unsaturated/α-hetero) is 2. The van der Waals surface area contributed by atoms with Gasteiger partial charge in [0.05, 0.1) is 0 Å². The Hall–Kier alpha value is -6.12. The van der Waals surface area contributed by atoms with Gasteiger partial charge in [-0.05, 0) is 124 Å². The van der Waals surface area contributed by atoms with Crippen LogP contribution in [0.2, 0.25) is 0 Å². The van der Waals surface area contributed by atoms with Crippen molar-refractivity contribution >= 4 is 54.7 Å². The zero-order valence-corrected chi connectivity index (χ0v) is 28.1. The summed E-state index contributed by atoms with van der Waals surface area (Å²) in [6.45, 7) is 0. The molecule has 52 heavy (non-hydrogen) atoms. The molecule has 0 aliphatic heterocycles. The Morgan fingerprint density at radius 3 is 0.923 bits per heavy atom. The molecule has 4 bridgehead atoms. The second kappa shape index (κ2) is 9.40. The maximum atomic E-state index is 15.7. The Labute approximate surface area is 300 Å². The van der Waals surface area contributed by atoms with Crippen molar-refractivity contribution in [3.05, 3.63) is 201 Å². The first-order valence-corrected chi connectivity index (χ1v) is 18.6. The standard InChI is InChI=1S/C50H30O2/c51-49-45-41-33-15-7-8-16-34(33)42(40-24-32-18-26-10-2-1-9-25(26)17-31(32)23-39(40)41)46(45)50(52)48-44-37-21-29-13-5-3-11-27(29)19-35(37)43(47(48)49)36-20-28-12-4-6-14-30(28)22-38(36)44/h1-24,41-46H. The van der Waals surface area contributed by atoms with Gasteiger partial charge in [-0.3, -0.25) is 9.59 Å². The van der Waals surface area contributed by atoms with E-state index >= 15 is 9.59 Å². The van der Waals surface area contributed by atoms with Gasteiger partial charge in [-0.25, -0.2) is 0 Å². The smallest absolute Gasteiger partial charge is 0.165 e. The van der Waals surface area contributed by atoms with E-state index in [1.165, 1.54) is 87.6 Å². The number of fused-ring (bicyclic) bond motifs is 4. The van der Waals surface area contributed by atoms with Crippen LogP contribution in [0, 0.1) is 11.8 Å². The molecule has 7 aliphatic rings. The van der Waals surface area contributed by atoms with Gasteiger partial charge in [0.15, 0.2) is 11.6 Å². The molecule has 0 saturated carbocycles. The minimum atomic E-state index is -0.427. The number of hydrogen-bond donors (Lipinski definition) is 0. The first-order valence-electron chi connectivity index (χ1n) is 18.6. The highest BCUT2D eigenvalue weighted by Gasteiger charge is 2.62. The van der Waals surface area contributed by atoms with E-state index in [-0.39, 0.29) is 35.2 Å². The summed E-state index contributed by atoms with van der Waals surface area (Å²) in [5.41, 5.74) is 11.1. The zero-order valence-electron chi connectivity index (χ0n) is 28.1. The summed E-state index contributed by atoms with van der Waals surface area (Å²) in [5, 5.41) is 9.48. The molecule has 0 spiro atoms. The van der Waals surface area contributed by atoms with E-state index < -0.39 is 11.8 Å². The first-order chi connectivity index (χ1) is 25.6. The van der Waals surface area contributed by atoms with Gasteiger partial charge in [-0.2, -0.15) is 0 Å². The molecular weight excluding hydrogens is 633 g/mol. The summed E-state index contributed by atoms with van der Waals surface area (Å²) >= 11 is 0. The number of ketones is 2. The van der Waals surface area contributed by atoms with Gasteiger partial charge in [0.25, 0.3) is 0 Å². The Bertz CT molecular complexity index is 2760. The van der Waals surface area contributed by atoms with Crippen LogP contribution in [0.25, 0.3) is 43.1 Å². The van der Waals surface area contributed by atoms with Crippen molar-refractivity contribution in [2.24, 2.45) is 11.8 Å². The van der Waals surface area contributed by atoms with E-state index in [4.69, 9.17) is 0 Å². The number of hydrogen-bond acceptors (Lipinski definition) is 2. The highest BCUT2D eigenvalue weighted by Crippen LogP contribution is 2.66. The summed E-state index contributed by atoms with van der Waals surface area (Å²) in [6.07, 6.45) is 0. The number of carbonyl (C=O) groups excluding carboxylic acids is 2. The Kier molecular flexibility index (Phi) is 4.99. The number of benzene rings is 8. The average Bonchev–Trinajstić information content (AvgIpc) is 3.19. The fraction of sp³-hybridized carbons (Fsp3) is 0.120. The molecule has 2 nitrogen and oxygen atoms in total.